The number of unbranched alkanes of at least 4 members (excludes halogenated alkanes) is 1. The summed E-state index contributed by atoms with van der Waals surface area (Å²) in [4.78, 5) is 12.8. The van der Waals surface area contributed by atoms with Crippen LogP contribution in [0.15, 0.2) is 24.3 Å². The SMILES string of the molecule is O=C(O)CCCCN1CCC(Oc2cccc(Cl)c2)C1. The largest absolute Gasteiger partial charge is 0.489 e. The quantitative estimate of drug-likeness (QED) is 0.786. The molecule has 1 saturated heterocycles. The first kappa shape index (κ1) is 15.1. The lowest BCUT2D eigenvalue weighted by Crippen LogP contribution is -2.25. The Bertz CT molecular complexity index is 452. The molecule has 0 radical (unpaired) electrons. The molecule has 0 aliphatic carbocycles. The zero-order chi connectivity index (χ0) is 14.4. The Balaban J connectivity index is 1.68. The minimum absolute atomic E-state index is 0.202. The molecule has 1 aliphatic heterocycles. The number of carboxylic acid groups (broad SMARTS) is 1. The standard InChI is InChI=1S/C15H20ClNO3/c16-12-4-3-5-13(10-12)20-14-7-9-17(11-14)8-2-1-6-15(18)19/h3-5,10,14H,1-2,6-9,11H2,(H,18,19). The Hall–Kier alpha value is -1.26. The van der Waals surface area contributed by atoms with Crippen LogP contribution in [0.4, 0.5) is 0 Å². The van der Waals surface area contributed by atoms with Gasteiger partial charge in [0.1, 0.15) is 11.9 Å². The van der Waals surface area contributed by atoms with Crippen molar-refractivity contribution in [3.8, 4) is 5.75 Å². The summed E-state index contributed by atoms with van der Waals surface area (Å²) in [5, 5.41) is 9.28. The maximum atomic E-state index is 10.4. The summed E-state index contributed by atoms with van der Waals surface area (Å²) < 4.78 is 5.91. The predicted octanol–water partition coefficient (Wildman–Crippen LogP) is 3.05. The molecule has 1 unspecified atom stereocenters. The van der Waals surface area contributed by atoms with Gasteiger partial charge in [0, 0.05) is 24.5 Å². The first-order valence-corrected chi connectivity index (χ1v) is 7.37. The third-order valence-electron chi connectivity index (χ3n) is 3.44. The highest BCUT2D eigenvalue weighted by Gasteiger charge is 2.23. The van der Waals surface area contributed by atoms with Crippen LogP contribution in [0.2, 0.25) is 5.02 Å². The number of likely N-dealkylation sites (tertiary alicyclic amines) is 1. The van der Waals surface area contributed by atoms with Gasteiger partial charge in [0.05, 0.1) is 0 Å². The molecule has 1 atom stereocenters. The van der Waals surface area contributed by atoms with Crippen LogP contribution in [0.3, 0.4) is 0 Å². The van der Waals surface area contributed by atoms with Gasteiger partial charge in [-0.3, -0.25) is 9.69 Å². The lowest BCUT2D eigenvalue weighted by Gasteiger charge is -2.16. The van der Waals surface area contributed by atoms with Gasteiger partial charge in [-0.05, 0) is 44.0 Å². The zero-order valence-corrected chi connectivity index (χ0v) is 12.2. The molecule has 4 nitrogen and oxygen atoms in total. The average molecular weight is 298 g/mol. The zero-order valence-electron chi connectivity index (χ0n) is 11.4. The fourth-order valence-electron chi connectivity index (χ4n) is 2.44. The third-order valence-corrected chi connectivity index (χ3v) is 3.68. The molecule has 1 N–H and O–H groups in total. The van der Waals surface area contributed by atoms with E-state index in [1.165, 1.54) is 0 Å². The number of benzene rings is 1. The average Bonchev–Trinajstić information content (AvgIpc) is 2.82. The van der Waals surface area contributed by atoms with E-state index in [9.17, 15) is 4.79 Å². The molecule has 0 saturated carbocycles. The fraction of sp³-hybridized carbons (Fsp3) is 0.533. The highest BCUT2D eigenvalue weighted by atomic mass is 35.5. The molecular formula is C15H20ClNO3. The minimum Gasteiger partial charge on any atom is -0.489 e. The van der Waals surface area contributed by atoms with Crippen LogP contribution in [-0.4, -0.2) is 41.7 Å². The summed E-state index contributed by atoms with van der Waals surface area (Å²) in [5.41, 5.74) is 0. The number of hydrogen-bond donors (Lipinski definition) is 1. The van der Waals surface area contributed by atoms with E-state index in [4.69, 9.17) is 21.4 Å². The van der Waals surface area contributed by atoms with Gasteiger partial charge in [-0.25, -0.2) is 0 Å². The maximum Gasteiger partial charge on any atom is 0.303 e. The number of carbonyl (C=O) groups is 1. The predicted molar refractivity (Wildman–Crippen MR) is 78.4 cm³/mol. The van der Waals surface area contributed by atoms with E-state index in [1.54, 1.807) is 0 Å². The Labute approximate surface area is 124 Å². The van der Waals surface area contributed by atoms with Crippen LogP contribution in [-0.2, 0) is 4.79 Å². The summed E-state index contributed by atoms with van der Waals surface area (Å²) in [6, 6.07) is 7.46. The van der Waals surface area contributed by atoms with Crippen LogP contribution in [0, 0.1) is 0 Å². The number of halogens is 1. The van der Waals surface area contributed by atoms with Gasteiger partial charge in [-0.1, -0.05) is 17.7 Å². The number of rotatable bonds is 7. The number of ether oxygens (including phenoxy) is 1. The summed E-state index contributed by atoms with van der Waals surface area (Å²) >= 11 is 5.93. The molecule has 5 heteroatoms. The highest BCUT2D eigenvalue weighted by molar-refractivity contribution is 6.30. The lowest BCUT2D eigenvalue weighted by atomic mass is 10.2. The highest BCUT2D eigenvalue weighted by Crippen LogP contribution is 2.21. The second-order valence-electron chi connectivity index (χ2n) is 5.14. The van der Waals surface area contributed by atoms with Crippen molar-refractivity contribution in [3.05, 3.63) is 29.3 Å². The molecule has 0 bridgehead atoms. The first-order valence-electron chi connectivity index (χ1n) is 7.00. The van der Waals surface area contributed by atoms with Crippen LogP contribution in [0.5, 0.6) is 5.75 Å². The van der Waals surface area contributed by atoms with Gasteiger partial charge in [-0.2, -0.15) is 0 Å². The second-order valence-corrected chi connectivity index (χ2v) is 5.57. The fourth-order valence-corrected chi connectivity index (χ4v) is 2.62. The van der Waals surface area contributed by atoms with Gasteiger partial charge in [-0.15, -0.1) is 0 Å². The van der Waals surface area contributed by atoms with E-state index in [0.717, 1.165) is 44.6 Å². The van der Waals surface area contributed by atoms with Crippen molar-refractivity contribution in [2.75, 3.05) is 19.6 Å². The number of aliphatic carboxylic acids is 1. The molecule has 1 aliphatic rings. The molecule has 2 rings (SSSR count). The van der Waals surface area contributed by atoms with E-state index in [2.05, 4.69) is 4.90 Å². The molecule has 20 heavy (non-hydrogen) atoms. The molecule has 1 fully saturated rings. The molecule has 0 spiro atoms. The molecule has 0 amide bonds. The minimum atomic E-state index is -0.714. The van der Waals surface area contributed by atoms with E-state index in [1.807, 2.05) is 24.3 Å². The second kappa shape index (κ2) is 7.50. The van der Waals surface area contributed by atoms with Crippen molar-refractivity contribution in [1.29, 1.82) is 0 Å². The van der Waals surface area contributed by atoms with Gasteiger partial charge in [0.25, 0.3) is 0 Å². The van der Waals surface area contributed by atoms with Gasteiger partial charge in [0.2, 0.25) is 0 Å². The van der Waals surface area contributed by atoms with Crippen LogP contribution in [0.1, 0.15) is 25.7 Å². The van der Waals surface area contributed by atoms with Crippen molar-refractivity contribution < 1.29 is 14.6 Å². The summed E-state index contributed by atoms with van der Waals surface area (Å²) in [6.07, 6.45) is 3.14. The van der Waals surface area contributed by atoms with Crippen molar-refractivity contribution >= 4 is 17.6 Å². The Kier molecular flexibility index (Phi) is 5.68. The smallest absolute Gasteiger partial charge is 0.303 e. The molecule has 110 valence electrons. The molecule has 1 aromatic carbocycles. The first-order chi connectivity index (χ1) is 9.63. The Morgan fingerprint density at radius 2 is 2.30 bits per heavy atom. The van der Waals surface area contributed by atoms with Crippen LogP contribution >= 0.6 is 11.6 Å². The summed E-state index contributed by atoms with van der Waals surface area (Å²) in [7, 11) is 0. The normalized spacial score (nSPS) is 19.1. The van der Waals surface area contributed by atoms with Crippen molar-refractivity contribution in [1.82, 2.24) is 4.90 Å². The van der Waals surface area contributed by atoms with Gasteiger partial charge >= 0.3 is 5.97 Å². The lowest BCUT2D eigenvalue weighted by molar-refractivity contribution is -0.137. The number of nitrogens with zero attached hydrogens (tertiary/aromatic N) is 1. The van der Waals surface area contributed by atoms with E-state index in [0.29, 0.717) is 5.02 Å². The van der Waals surface area contributed by atoms with Gasteiger partial charge in [0.15, 0.2) is 0 Å². The molecule has 1 aromatic rings. The summed E-state index contributed by atoms with van der Waals surface area (Å²) in [6.45, 7) is 2.86. The monoisotopic (exact) mass is 297 g/mol. The molecule has 1 heterocycles. The summed E-state index contributed by atoms with van der Waals surface area (Å²) in [5.74, 6) is 0.101. The Morgan fingerprint density at radius 3 is 3.05 bits per heavy atom. The third kappa shape index (κ3) is 5.02. The maximum absolute atomic E-state index is 10.4. The number of carboxylic acids is 1. The van der Waals surface area contributed by atoms with Crippen LogP contribution in [0.25, 0.3) is 0 Å². The Morgan fingerprint density at radius 1 is 1.45 bits per heavy atom. The van der Waals surface area contributed by atoms with Crippen molar-refractivity contribution in [3.63, 3.8) is 0 Å². The van der Waals surface area contributed by atoms with E-state index < -0.39 is 5.97 Å². The molecule has 0 aromatic heterocycles. The van der Waals surface area contributed by atoms with E-state index in [-0.39, 0.29) is 12.5 Å². The topological polar surface area (TPSA) is 49.8 Å². The van der Waals surface area contributed by atoms with Crippen molar-refractivity contribution in [2.45, 2.75) is 31.8 Å². The van der Waals surface area contributed by atoms with Gasteiger partial charge < -0.3 is 9.84 Å². The van der Waals surface area contributed by atoms with Crippen molar-refractivity contribution in [2.24, 2.45) is 0 Å². The van der Waals surface area contributed by atoms with Crippen LogP contribution < -0.4 is 4.74 Å². The molecular weight excluding hydrogens is 278 g/mol. The number of hydrogen-bond acceptors (Lipinski definition) is 3. The van der Waals surface area contributed by atoms with E-state index >= 15 is 0 Å².